The number of carbonyl (C=O) groups excluding carboxylic acids is 1. The number of amides is 1. The molecule has 0 aliphatic heterocycles. The molecule has 18 heavy (non-hydrogen) atoms. The molecule has 0 heterocycles. The van der Waals surface area contributed by atoms with Crippen molar-refractivity contribution in [1.82, 2.24) is 0 Å². The zero-order chi connectivity index (χ0) is 13.4. The molecular formula is C13H16N2O2S. The van der Waals surface area contributed by atoms with Gasteiger partial charge in [0.2, 0.25) is 5.91 Å². The topological polar surface area (TPSA) is 64.3 Å². The molecule has 0 saturated heterocycles. The highest BCUT2D eigenvalue weighted by Gasteiger charge is 2.07. The maximum atomic E-state index is 11.6. The lowest BCUT2D eigenvalue weighted by Gasteiger charge is -2.10. The Labute approximate surface area is 111 Å². The fourth-order valence-corrected chi connectivity index (χ4v) is 1.69. The third-order valence-electron chi connectivity index (χ3n) is 2.08. The molecule has 0 aliphatic carbocycles. The van der Waals surface area contributed by atoms with Crippen molar-refractivity contribution < 1.29 is 9.53 Å². The molecule has 0 saturated carbocycles. The monoisotopic (exact) mass is 264 g/mol. The second-order valence-corrected chi connectivity index (χ2v) is 4.27. The first kappa shape index (κ1) is 14.4. The number of anilines is 1. The number of hydrogen-bond donors (Lipinski definition) is 2. The summed E-state index contributed by atoms with van der Waals surface area (Å²) in [5.41, 5.74) is 6.74. The minimum atomic E-state index is -0.0651. The van der Waals surface area contributed by atoms with Crippen molar-refractivity contribution in [1.29, 1.82) is 0 Å². The van der Waals surface area contributed by atoms with Crippen LogP contribution in [0.15, 0.2) is 18.2 Å². The van der Waals surface area contributed by atoms with Crippen molar-refractivity contribution in [3.05, 3.63) is 23.8 Å². The number of nitrogens with one attached hydrogen (secondary N) is 1. The van der Waals surface area contributed by atoms with E-state index in [1.165, 1.54) is 11.8 Å². The molecule has 1 amide bonds. The van der Waals surface area contributed by atoms with Gasteiger partial charge in [-0.1, -0.05) is 11.8 Å². The quantitative estimate of drug-likeness (QED) is 0.805. The lowest BCUT2D eigenvalue weighted by atomic mass is 10.2. The van der Waals surface area contributed by atoms with E-state index in [9.17, 15) is 4.79 Å². The molecule has 0 unspecified atom stereocenters. The number of hydrogen-bond acceptors (Lipinski definition) is 4. The first-order valence-corrected chi connectivity index (χ1v) is 6.76. The summed E-state index contributed by atoms with van der Waals surface area (Å²) in [4.78, 5) is 11.6. The fourth-order valence-electron chi connectivity index (χ4n) is 1.35. The van der Waals surface area contributed by atoms with Gasteiger partial charge in [-0.25, -0.2) is 0 Å². The number of thioether (sulfide) groups is 1. The molecule has 3 N–H and O–H groups in total. The minimum absolute atomic E-state index is 0.0651. The van der Waals surface area contributed by atoms with E-state index in [0.29, 0.717) is 23.7 Å². The van der Waals surface area contributed by atoms with E-state index in [2.05, 4.69) is 17.2 Å². The molecule has 1 rings (SSSR count). The van der Waals surface area contributed by atoms with Crippen molar-refractivity contribution in [2.75, 3.05) is 31.0 Å². The molecule has 96 valence electrons. The number of nitrogens with two attached hydrogens (primary N) is 1. The highest BCUT2D eigenvalue weighted by atomic mass is 32.2. The fraction of sp³-hybridized carbons (Fsp3) is 0.308. The Bertz CT molecular complexity index is 478. The highest BCUT2D eigenvalue weighted by Crippen LogP contribution is 2.25. The van der Waals surface area contributed by atoms with Gasteiger partial charge in [0, 0.05) is 5.56 Å². The van der Waals surface area contributed by atoms with E-state index in [4.69, 9.17) is 10.5 Å². The molecule has 5 heteroatoms. The normalized spacial score (nSPS) is 9.28. The molecule has 0 aliphatic rings. The lowest BCUT2D eigenvalue weighted by molar-refractivity contribution is -0.113. The summed E-state index contributed by atoms with van der Waals surface area (Å²) in [6, 6.07) is 5.38. The van der Waals surface area contributed by atoms with Crippen LogP contribution in [-0.2, 0) is 4.79 Å². The van der Waals surface area contributed by atoms with Crippen molar-refractivity contribution in [3.63, 3.8) is 0 Å². The van der Waals surface area contributed by atoms with Crippen molar-refractivity contribution in [2.45, 2.75) is 0 Å². The lowest BCUT2D eigenvalue weighted by Crippen LogP contribution is -2.14. The minimum Gasteiger partial charge on any atom is -0.495 e. The van der Waals surface area contributed by atoms with Gasteiger partial charge >= 0.3 is 0 Å². The third-order valence-corrected chi connectivity index (χ3v) is 2.63. The van der Waals surface area contributed by atoms with Crippen LogP contribution in [0.5, 0.6) is 5.75 Å². The molecule has 0 atom stereocenters. The van der Waals surface area contributed by atoms with Gasteiger partial charge < -0.3 is 15.8 Å². The Balaban J connectivity index is 2.95. The van der Waals surface area contributed by atoms with Crippen LogP contribution in [0.4, 0.5) is 5.69 Å². The van der Waals surface area contributed by atoms with Crippen molar-refractivity contribution in [3.8, 4) is 17.6 Å². The third kappa shape index (κ3) is 4.32. The summed E-state index contributed by atoms with van der Waals surface area (Å²) in [5, 5.41) is 2.80. The standard InChI is InChI=1S/C13H16N2O2S/c1-17-12-6-5-10(4-3-7-14)8-11(12)15-13(16)9-18-2/h5-6,8H,7,9,14H2,1-2H3,(H,15,16). The average molecular weight is 264 g/mol. The first-order valence-electron chi connectivity index (χ1n) is 5.37. The SMILES string of the molecule is COc1ccc(C#CCN)cc1NC(=O)CSC. The molecule has 0 radical (unpaired) electrons. The van der Waals surface area contributed by atoms with Crippen LogP contribution in [0.25, 0.3) is 0 Å². The summed E-state index contributed by atoms with van der Waals surface area (Å²) >= 11 is 1.46. The predicted octanol–water partition coefficient (Wildman–Crippen LogP) is 1.31. The van der Waals surface area contributed by atoms with Gasteiger partial charge in [0.05, 0.1) is 25.1 Å². The van der Waals surface area contributed by atoms with E-state index in [1.54, 1.807) is 19.2 Å². The Morgan fingerprint density at radius 1 is 1.56 bits per heavy atom. The maximum absolute atomic E-state index is 11.6. The van der Waals surface area contributed by atoms with Gasteiger partial charge in [-0.15, -0.1) is 0 Å². The van der Waals surface area contributed by atoms with E-state index in [1.807, 2.05) is 12.3 Å². The van der Waals surface area contributed by atoms with E-state index < -0.39 is 0 Å². The number of carbonyl (C=O) groups is 1. The van der Waals surface area contributed by atoms with E-state index in [-0.39, 0.29) is 5.91 Å². The van der Waals surface area contributed by atoms with Gasteiger partial charge in [0.1, 0.15) is 5.75 Å². The summed E-state index contributed by atoms with van der Waals surface area (Å²) < 4.78 is 5.19. The van der Waals surface area contributed by atoms with E-state index in [0.717, 1.165) is 5.56 Å². The van der Waals surface area contributed by atoms with Crippen molar-refractivity contribution >= 4 is 23.4 Å². The molecule has 0 spiro atoms. The smallest absolute Gasteiger partial charge is 0.234 e. The van der Waals surface area contributed by atoms with Gasteiger partial charge in [-0.05, 0) is 24.5 Å². The number of methoxy groups -OCH3 is 1. The van der Waals surface area contributed by atoms with Gasteiger partial charge in [-0.2, -0.15) is 11.8 Å². The summed E-state index contributed by atoms with van der Waals surface area (Å²) in [6.45, 7) is 0.306. The molecule has 0 fully saturated rings. The van der Waals surface area contributed by atoms with Crippen LogP contribution in [0.2, 0.25) is 0 Å². The number of benzene rings is 1. The predicted molar refractivity (Wildman–Crippen MR) is 75.9 cm³/mol. The Morgan fingerprint density at radius 2 is 2.33 bits per heavy atom. The summed E-state index contributed by atoms with van der Waals surface area (Å²) in [7, 11) is 1.56. The number of rotatable bonds is 4. The molecule has 0 bridgehead atoms. The Hall–Kier alpha value is -1.64. The van der Waals surface area contributed by atoms with Crippen LogP contribution >= 0.6 is 11.8 Å². The van der Waals surface area contributed by atoms with E-state index >= 15 is 0 Å². The van der Waals surface area contributed by atoms with Gasteiger partial charge in [0.25, 0.3) is 0 Å². The molecule has 0 aromatic heterocycles. The average Bonchev–Trinajstić information content (AvgIpc) is 2.37. The molecular weight excluding hydrogens is 248 g/mol. The Kier molecular flexibility index (Phi) is 6.12. The zero-order valence-corrected chi connectivity index (χ0v) is 11.3. The Morgan fingerprint density at radius 3 is 2.94 bits per heavy atom. The summed E-state index contributed by atoms with van der Waals surface area (Å²) in [6.07, 6.45) is 1.87. The zero-order valence-electron chi connectivity index (χ0n) is 10.4. The molecule has 1 aromatic carbocycles. The van der Waals surface area contributed by atoms with Crippen LogP contribution in [0.1, 0.15) is 5.56 Å². The van der Waals surface area contributed by atoms with Gasteiger partial charge in [-0.3, -0.25) is 4.79 Å². The van der Waals surface area contributed by atoms with Gasteiger partial charge in [0.15, 0.2) is 0 Å². The number of ether oxygens (including phenoxy) is 1. The molecule has 1 aromatic rings. The van der Waals surface area contributed by atoms with Crippen molar-refractivity contribution in [2.24, 2.45) is 5.73 Å². The van der Waals surface area contributed by atoms with Crippen LogP contribution in [-0.4, -0.2) is 31.6 Å². The second-order valence-electron chi connectivity index (χ2n) is 3.40. The second kappa shape index (κ2) is 7.64. The molecule has 4 nitrogen and oxygen atoms in total. The largest absolute Gasteiger partial charge is 0.495 e. The maximum Gasteiger partial charge on any atom is 0.234 e. The summed E-state index contributed by atoms with van der Waals surface area (Å²) in [5.74, 6) is 6.64. The first-order chi connectivity index (χ1) is 8.71. The van der Waals surface area contributed by atoms with Crippen LogP contribution < -0.4 is 15.8 Å². The van der Waals surface area contributed by atoms with Crippen LogP contribution in [0.3, 0.4) is 0 Å². The van der Waals surface area contributed by atoms with Crippen LogP contribution in [0, 0.1) is 11.8 Å². The highest BCUT2D eigenvalue weighted by molar-refractivity contribution is 7.99.